The third-order valence-electron chi connectivity index (χ3n) is 4.05. The number of aliphatic hydroxyl groups excluding tert-OH is 1. The van der Waals surface area contributed by atoms with Crippen molar-refractivity contribution in [3.8, 4) is 22.6 Å². The van der Waals surface area contributed by atoms with E-state index in [9.17, 15) is 26.2 Å². The lowest BCUT2D eigenvalue weighted by molar-refractivity contribution is 0.276. The Morgan fingerprint density at radius 1 is 0.967 bits per heavy atom. The van der Waals surface area contributed by atoms with Crippen molar-refractivity contribution in [2.75, 3.05) is 0 Å². The van der Waals surface area contributed by atoms with Crippen LogP contribution in [0.5, 0.6) is 11.5 Å². The van der Waals surface area contributed by atoms with Crippen molar-refractivity contribution in [1.82, 2.24) is 4.98 Å². The number of halogens is 3. The summed E-state index contributed by atoms with van der Waals surface area (Å²) in [5.74, 6) is -1.76. The predicted octanol–water partition coefficient (Wildman–Crippen LogP) is 4.00. The molecular formula is C20H16F3NO5S. The number of aliphatic hydroxyl groups is 1. The smallest absolute Gasteiger partial charge is 0.488 e. The molecule has 3 aromatic rings. The first-order valence-electron chi connectivity index (χ1n) is 8.58. The van der Waals surface area contributed by atoms with Crippen molar-refractivity contribution < 1.29 is 35.1 Å². The zero-order chi connectivity index (χ0) is 21.9. The van der Waals surface area contributed by atoms with Gasteiger partial charge in [-0.05, 0) is 66.6 Å². The first kappa shape index (κ1) is 21.6. The number of nitrogens with zero attached hydrogens (tertiary/aromatic N) is 1. The molecule has 0 aliphatic rings. The molecule has 10 heteroatoms. The van der Waals surface area contributed by atoms with Crippen molar-refractivity contribution in [3.05, 3.63) is 77.1 Å². The van der Waals surface area contributed by atoms with Crippen molar-refractivity contribution in [1.29, 1.82) is 0 Å². The SMILES string of the molecule is Cc1cc(-c2cc(F)c(COc3ccc(OS(=O)(=O)F)cc3)c(F)c2)cc(CO)n1. The van der Waals surface area contributed by atoms with E-state index < -0.39 is 28.7 Å². The Kier molecular flexibility index (Phi) is 6.28. The van der Waals surface area contributed by atoms with Crippen molar-refractivity contribution >= 4 is 10.5 Å². The van der Waals surface area contributed by atoms with Crippen LogP contribution in [0.1, 0.15) is 17.0 Å². The van der Waals surface area contributed by atoms with Crippen molar-refractivity contribution in [2.45, 2.75) is 20.1 Å². The third kappa shape index (κ3) is 5.49. The fourth-order valence-electron chi connectivity index (χ4n) is 2.75. The maximum Gasteiger partial charge on any atom is 0.488 e. The van der Waals surface area contributed by atoms with Gasteiger partial charge in [0, 0.05) is 5.69 Å². The van der Waals surface area contributed by atoms with E-state index >= 15 is 0 Å². The molecule has 0 amide bonds. The molecular weight excluding hydrogens is 423 g/mol. The molecule has 0 saturated heterocycles. The van der Waals surface area contributed by atoms with Gasteiger partial charge in [-0.2, -0.15) is 8.42 Å². The number of aryl methyl sites for hydroxylation is 1. The van der Waals surface area contributed by atoms with Crippen LogP contribution in [-0.4, -0.2) is 18.5 Å². The molecule has 6 nitrogen and oxygen atoms in total. The molecule has 1 heterocycles. The Hall–Kier alpha value is -3.11. The average Bonchev–Trinajstić information content (AvgIpc) is 2.66. The summed E-state index contributed by atoms with van der Waals surface area (Å²) >= 11 is 0. The third-order valence-corrected chi connectivity index (χ3v) is 4.44. The van der Waals surface area contributed by atoms with Gasteiger partial charge < -0.3 is 14.0 Å². The molecule has 30 heavy (non-hydrogen) atoms. The summed E-state index contributed by atoms with van der Waals surface area (Å²) in [5, 5.41) is 9.25. The number of hydrogen-bond acceptors (Lipinski definition) is 6. The van der Waals surface area contributed by atoms with Gasteiger partial charge >= 0.3 is 10.5 Å². The molecule has 3 rings (SSSR count). The summed E-state index contributed by atoms with van der Waals surface area (Å²) < 4.78 is 71.7. The highest BCUT2D eigenvalue weighted by Crippen LogP contribution is 2.27. The fourth-order valence-corrected chi connectivity index (χ4v) is 3.10. The van der Waals surface area contributed by atoms with Gasteiger partial charge in [-0.25, -0.2) is 8.78 Å². The molecule has 2 aromatic carbocycles. The summed E-state index contributed by atoms with van der Waals surface area (Å²) in [5.41, 5.74) is 1.46. The number of benzene rings is 2. The van der Waals surface area contributed by atoms with Gasteiger partial charge in [-0.1, -0.05) is 3.89 Å². The lowest BCUT2D eigenvalue weighted by Crippen LogP contribution is -2.04. The van der Waals surface area contributed by atoms with E-state index in [1.165, 1.54) is 12.1 Å². The summed E-state index contributed by atoms with van der Waals surface area (Å²) in [6, 6.07) is 10.3. The minimum absolute atomic E-state index is 0.166. The van der Waals surface area contributed by atoms with E-state index in [4.69, 9.17) is 4.74 Å². The van der Waals surface area contributed by atoms with Crippen LogP contribution in [-0.2, 0) is 23.7 Å². The Morgan fingerprint density at radius 3 is 2.10 bits per heavy atom. The first-order chi connectivity index (χ1) is 14.1. The fraction of sp³-hybridized carbons (Fsp3) is 0.150. The monoisotopic (exact) mass is 439 g/mol. The molecule has 0 aliphatic heterocycles. The lowest BCUT2D eigenvalue weighted by Gasteiger charge is -2.11. The molecule has 1 aromatic heterocycles. The largest absolute Gasteiger partial charge is 0.489 e. The standard InChI is InChI=1S/C20H16F3NO5S/c1-12-6-13(7-15(10-25)24-12)14-8-19(21)18(20(22)9-14)11-28-16-2-4-17(5-3-16)29-30(23,26)27/h2-9,25H,10-11H2,1H3. The summed E-state index contributed by atoms with van der Waals surface area (Å²) in [6.45, 7) is 0.973. The molecule has 0 saturated carbocycles. The topological polar surface area (TPSA) is 85.7 Å². The quantitative estimate of drug-likeness (QED) is 0.560. The highest BCUT2D eigenvalue weighted by Gasteiger charge is 2.15. The van der Waals surface area contributed by atoms with Gasteiger partial charge in [0.2, 0.25) is 0 Å². The van der Waals surface area contributed by atoms with Crippen LogP contribution in [0.4, 0.5) is 12.7 Å². The van der Waals surface area contributed by atoms with Crippen LogP contribution < -0.4 is 8.92 Å². The Morgan fingerprint density at radius 2 is 1.53 bits per heavy atom. The lowest BCUT2D eigenvalue weighted by atomic mass is 10.0. The molecule has 0 unspecified atom stereocenters. The van der Waals surface area contributed by atoms with Gasteiger partial charge in [0.15, 0.2) is 0 Å². The van der Waals surface area contributed by atoms with Crippen LogP contribution in [0.2, 0.25) is 0 Å². The average molecular weight is 439 g/mol. The minimum atomic E-state index is -5.15. The normalized spacial score (nSPS) is 11.4. The summed E-state index contributed by atoms with van der Waals surface area (Å²) in [7, 11) is -5.15. The van der Waals surface area contributed by atoms with Gasteiger partial charge in [-0.3, -0.25) is 4.98 Å². The Labute approximate surface area is 171 Å². The molecule has 0 fully saturated rings. The number of aromatic nitrogens is 1. The second-order valence-corrected chi connectivity index (χ2v) is 7.25. The van der Waals surface area contributed by atoms with Gasteiger partial charge in [0.25, 0.3) is 0 Å². The van der Waals surface area contributed by atoms with E-state index in [0.29, 0.717) is 17.0 Å². The van der Waals surface area contributed by atoms with Gasteiger partial charge in [-0.15, -0.1) is 0 Å². The minimum Gasteiger partial charge on any atom is -0.489 e. The highest BCUT2D eigenvalue weighted by molar-refractivity contribution is 7.81. The zero-order valence-corrected chi connectivity index (χ0v) is 16.4. The van der Waals surface area contributed by atoms with E-state index in [1.807, 2.05) is 0 Å². The second kappa shape index (κ2) is 8.72. The molecule has 0 radical (unpaired) electrons. The maximum absolute atomic E-state index is 14.5. The van der Waals surface area contributed by atoms with Crippen LogP contribution >= 0.6 is 0 Å². The number of pyridine rings is 1. The molecule has 0 atom stereocenters. The Bertz CT molecular complexity index is 1140. The molecule has 0 spiro atoms. The number of ether oxygens (including phenoxy) is 1. The number of hydrogen-bond donors (Lipinski definition) is 1. The Balaban J connectivity index is 1.77. The number of rotatable bonds is 7. The predicted molar refractivity (Wildman–Crippen MR) is 102 cm³/mol. The summed E-state index contributed by atoms with van der Waals surface area (Å²) in [4.78, 5) is 4.11. The van der Waals surface area contributed by atoms with Crippen LogP contribution in [0.25, 0.3) is 11.1 Å². The van der Waals surface area contributed by atoms with Crippen LogP contribution in [0.15, 0.2) is 48.5 Å². The highest BCUT2D eigenvalue weighted by atomic mass is 32.3. The van der Waals surface area contributed by atoms with E-state index in [1.54, 1.807) is 19.1 Å². The molecule has 0 aliphatic carbocycles. The van der Waals surface area contributed by atoms with E-state index in [-0.39, 0.29) is 29.2 Å². The van der Waals surface area contributed by atoms with Gasteiger partial charge in [0.05, 0.1) is 17.9 Å². The van der Waals surface area contributed by atoms with E-state index in [2.05, 4.69) is 9.17 Å². The second-order valence-electron chi connectivity index (χ2n) is 6.30. The first-order valence-corrected chi connectivity index (χ1v) is 9.89. The van der Waals surface area contributed by atoms with Crippen molar-refractivity contribution in [3.63, 3.8) is 0 Å². The van der Waals surface area contributed by atoms with E-state index in [0.717, 1.165) is 24.3 Å². The maximum atomic E-state index is 14.5. The summed E-state index contributed by atoms with van der Waals surface area (Å²) in [6.07, 6.45) is 0. The van der Waals surface area contributed by atoms with Gasteiger partial charge in [0.1, 0.15) is 29.7 Å². The van der Waals surface area contributed by atoms with Crippen molar-refractivity contribution in [2.24, 2.45) is 0 Å². The molecule has 1 N–H and O–H groups in total. The zero-order valence-electron chi connectivity index (χ0n) is 15.6. The van der Waals surface area contributed by atoms with Crippen LogP contribution in [0.3, 0.4) is 0 Å². The molecule has 158 valence electrons. The van der Waals surface area contributed by atoms with Crippen LogP contribution in [0, 0.1) is 18.6 Å². The molecule has 0 bridgehead atoms.